The zero-order valence-electron chi connectivity index (χ0n) is 7.17. The number of hydrogen-bond acceptors (Lipinski definition) is 4. The predicted octanol–water partition coefficient (Wildman–Crippen LogP) is -2.02. The van der Waals surface area contributed by atoms with E-state index >= 15 is 0 Å². The zero-order valence-corrected chi connectivity index (χ0v) is 10.1. The van der Waals surface area contributed by atoms with E-state index < -0.39 is 0 Å². The maximum atomic E-state index is 9.40. The van der Waals surface area contributed by atoms with Crippen LogP contribution in [-0.2, 0) is 29.0 Å². The molecule has 0 amide bonds. The largest absolute Gasteiger partial charge is 2.00 e. The van der Waals surface area contributed by atoms with E-state index in [1.165, 1.54) is 14.2 Å². The Morgan fingerprint density at radius 1 is 0.909 bits per heavy atom. The Morgan fingerprint density at radius 2 is 1.18 bits per heavy atom. The van der Waals surface area contributed by atoms with Crippen LogP contribution in [0, 0.1) is 0 Å². The summed E-state index contributed by atoms with van der Waals surface area (Å²) in [5.74, 6) is 0. The summed E-state index contributed by atoms with van der Waals surface area (Å²) >= 11 is 0. The summed E-state index contributed by atoms with van der Waals surface area (Å²) in [7, 11) is 3.02. The molecule has 0 fully saturated rings. The van der Waals surface area contributed by atoms with Crippen molar-refractivity contribution in [3.05, 3.63) is 0 Å². The minimum Gasteiger partial charge on any atom is -0.853 e. The first-order valence-corrected chi connectivity index (χ1v) is 2.97. The van der Waals surface area contributed by atoms with Crippen LogP contribution in [0.2, 0.25) is 0 Å². The van der Waals surface area contributed by atoms with Gasteiger partial charge in [-0.25, -0.2) is 0 Å². The molecule has 0 aromatic carbocycles. The van der Waals surface area contributed by atoms with Gasteiger partial charge in [0.25, 0.3) is 0 Å². The van der Waals surface area contributed by atoms with Gasteiger partial charge in [0.1, 0.15) is 0 Å². The monoisotopic (exact) mass is 214 g/mol. The summed E-state index contributed by atoms with van der Waals surface area (Å²) in [5, 5.41) is 18.8. The fourth-order valence-electron chi connectivity index (χ4n) is 0.167. The predicted molar refractivity (Wildman–Crippen MR) is 33.5 cm³/mol. The minimum absolute atomic E-state index is 0. The first-order chi connectivity index (χ1) is 4.83. The smallest absolute Gasteiger partial charge is 0.853 e. The average molecular weight is 216 g/mol. The van der Waals surface area contributed by atoms with Crippen LogP contribution in [0.1, 0.15) is 0 Å². The second-order valence-corrected chi connectivity index (χ2v) is 1.39. The molecule has 0 aliphatic rings. The van der Waals surface area contributed by atoms with Crippen molar-refractivity contribution in [1.29, 1.82) is 0 Å². The van der Waals surface area contributed by atoms with Crippen LogP contribution < -0.4 is 10.2 Å². The molecule has 11 heavy (non-hydrogen) atoms. The van der Waals surface area contributed by atoms with Gasteiger partial charge in [-0.15, -0.1) is 13.2 Å². The maximum absolute atomic E-state index is 9.40. The summed E-state index contributed by atoms with van der Waals surface area (Å²) in [6.07, 6.45) is 0. The third-order valence-corrected chi connectivity index (χ3v) is 0.575. The van der Waals surface area contributed by atoms with Gasteiger partial charge in [0.15, 0.2) is 0 Å². The standard InChI is InChI=1S/2C3H7O2.Zn/c2*1-5-3-2-4;/h2*2-3H2,1H3;/q2*-1;+2. The summed E-state index contributed by atoms with van der Waals surface area (Å²) in [6.45, 7) is 0.410. The molecule has 0 aliphatic carbocycles. The first-order valence-electron chi connectivity index (χ1n) is 2.97. The Labute approximate surface area is 80.3 Å². The molecule has 0 bridgehead atoms. The van der Waals surface area contributed by atoms with Crippen molar-refractivity contribution in [3.63, 3.8) is 0 Å². The van der Waals surface area contributed by atoms with Crippen LogP contribution >= 0.6 is 0 Å². The van der Waals surface area contributed by atoms with Crippen molar-refractivity contribution in [1.82, 2.24) is 0 Å². The van der Waals surface area contributed by atoms with E-state index in [0.29, 0.717) is 13.2 Å². The molecule has 0 aliphatic heterocycles. The molecule has 0 rings (SSSR count). The van der Waals surface area contributed by atoms with Gasteiger partial charge in [0.2, 0.25) is 0 Å². The molecule has 0 saturated carbocycles. The molecule has 4 nitrogen and oxygen atoms in total. The molecule has 0 atom stereocenters. The summed E-state index contributed by atoms with van der Waals surface area (Å²) < 4.78 is 8.76. The van der Waals surface area contributed by atoms with E-state index in [1.807, 2.05) is 0 Å². The van der Waals surface area contributed by atoms with Crippen LogP contribution in [0.5, 0.6) is 0 Å². The minimum atomic E-state index is -0.128. The van der Waals surface area contributed by atoms with Crippen LogP contribution in [0.15, 0.2) is 0 Å². The molecule has 0 unspecified atom stereocenters. The third kappa shape index (κ3) is 37.6. The van der Waals surface area contributed by atoms with Crippen molar-refractivity contribution >= 4 is 0 Å². The van der Waals surface area contributed by atoms with Crippen LogP contribution in [0.4, 0.5) is 0 Å². The van der Waals surface area contributed by atoms with Gasteiger partial charge in [-0.2, -0.15) is 0 Å². The van der Waals surface area contributed by atoms with Gasteiger partial charge < -0.3 is 19.7 Å². The second-order valence-electron chi connectivity index (χ2n) is 1.39. The van der Waals surface area contributed by atoms with E-state index in [0.717, 1.165) is 0 Å². The maximum Gasteiger partial charge on any atom is 2.00 e. The first kappa shape index (κ1) is 17.5. The van der Waals surface area contributed by atoms with Crippen molar-refractivity contribution in [2.75, 3.05) is 40.6 Å². The molecule has 5 heteroatoms. The van der Waals surface area contributed by atoms with E-state index in [9.17, 15) is 10.2 Å². The van der Waals surface area contributed by atoms with Crippen molar-refractivity contribution in [3.8, 4) is 0 Å². The van der Waals surface area contributed by atoms with Crippen LogP contribution in [-0.4, -0.2) is 40.6 Å². The summed E-state index contributed by atoms with van der Waals surface area (Å²) in [5.41, 5.74) is 0. The SMILES string of the molecule is COCC[O-].COCC[O-].[Zn+2]. The molecule has 64 valence electrons. The number of ether oxygens (including phenoxy) is 2. The van der Waals surface area contributed by atoms with E-state index in [4.69, 9.17) is 0 Å². The van der Waals surface area contributed by atoms with E-state index in [1.54, 1.807) is 0 Å². The van der Waals surface area contributed by atoms with Crippen LogP contribution in [0.3, 0.4) is 0 Å². The van der Waals surface area contributed by atoms with Crippen molar-refractivity contribution in [2.24, 2.45) is 0 Å². The fourth-order valence-corrected chi connectivity index (χ4v) is 0.167. The zero-order chi connectivity index (χ0) is 8.24. The van der Waals surface area contributed by atoms with Gasteiger partial charge >= 0.3 is 19.5 Å². The van der Waals surface area contributed by atoms with E-state index in [-0.39, 0.29) is 32.7 Å². The average Bonchev–Trinajstić information content (AvgIpc) is 1.93. The fraction of sp³-hybridized carbons (Fsp3) is 1.00. The summed E-state index contributed by atoms with van der Waals surface area (Å²) in [4.78, 5) is 0. The van der Waals surface area contributed by atoms with Gasteiger partial charge in [0.05, 0.1) is 0 Å². The molecular weight excluding hydrogens is 201 g/mol. The Morgan fingerprint density at radius 3 is 1.18 bits per heavy atom. The molecule has 0 spiro atoms. The third-order valence-electron chi connectivity index (χ3n) is 0.575. The number of hydrogen-bond donors (Lipinski definition) is 0. The van der Waals surface area contributed by atoms with Gasteiger partial charge in [0, 0.05) is 27.4 Å². The number of methoxy groups -OCH3 is 2. The van der Waals surface area contributed by atoms with Gasteiger partial charge in [-0.3, -0.25) is 0 Å². The second kappa shape index (κ2) is 22.4. The van der Waals surface area contributed by atoms with Gasteiger partial charge in [-0.05, 0) is 0 Å². The molecule has 0 aromatic rings. The quantitative estimate of drug-likeness (QED) is 0.508. The molecular formula is C6H14O4Zn. The Balaban J connectivity index is -0.000000107. The normalized spacial score (nSPS) is 7.64. The van der Waals surface area contributed by atoms with Crippen LogP contribution in [0.25, 0.3) is 0 Å². The molecule has 0 saturated heterocycles. The topological polar surface area (TPSA) is 64.6 Å². The molecule has 0 N–H and O–H groups in total. The number of rotatable bonds is 4. The van der Waals surface area contributed by atoms with Crippen molar-refractivity contribution in [2.45, 2.75) is 0 Å². The Bertz CT molecular complexity index is 35.6. The Hall–Kier alpha value is 0.463. The van der Waals surface area contributed by atoms with Crippen molar-refractivity contribution < 1.29 is 39.2 Å². The van der Waals surface area contributed by atoms with E-state index in [2.05, 4.69) is 9.47 Å². The molecule has 0 aromatic heterocycles. The summed E-state index contributed by atoms with van der Waals surface area (Å²) in [6, 6.07) is 0. The Kier molecular flexibility index (Phi) is 35.7. The molecule has 0 heterocycles. The molecule has 0 radical (unpaired) electrons. The van der Waals surface area contributed by atoms with Gasteiger partial charge in [-0.1, -0.05) is 0 Å².